The summed E-state index contributed by atoms with van der Waals surface area (Å²) in [5.74, 6) is -0.768. The molecular formula is C13H20N2O2. The van der Waals surface area contributed by atoms with Gasteiger partial charge in [-0.05, 0) is 37.2 Å². The average molecular weight is 236 g/mol. The Labute approximate surface area is 102 Å². The fourth-order valence-electron chi connectivity index (χ4n) is 2.48. The van der Waals surface area contributed by atoms with Gasteiger partial charge >= 0.3 is 5.97 Å². The molecule has 0 aliphatic rings. The van der Waals surface area contributed by atoms with E-state index in [2.05, 4.69) is 9.88 Å². The number of carbonyl (C=O) groups is 1. The second-order valence-corrected chi connectivity index (χ2v) is 5.21. The van der Waals surface area contributed by atoms with Gasteiger partial charge in [0.15, 0.2) is 0 Å². The summed E-state index contributed by atoms with van der Waals surface area (Å²) >= 11 is 0. The second-order valence-electron chi connectivity index (χ2n) is 5.21. The highest BCUT2D eigenvalue weighted by Crippen LogP contribution is 2.39. The molecule has 0 bridgehead atoms. The zero-order valence-electron chi connectivity index (χ0n) is 10.8. The summed E-state index contributed by atoms with van der Waals surface area (Å²) in [6, 6.07) is 3.93. The molecule has 1 atom stereocenters. The number of rotatable bonds is 5. The lowest BCUT2D eigenvalue weighted by atomic mass is 9.77. The van der Waals surface area contributed by atoms with Crippen LogP contribution in [-0.2, 0) is 4.79 Å². The van der Waals surface area contributed by atoms with Crippen molar-refractivity contribution < 1.29 is 9.90 Å². The molecule has 1 rings (SSSR count). The van der Waals surface area contributed by atoms with Crippen LogP contribution in [0.25, 0.3) is 0 Å². The third-order valence-electron chi connectivity index (χ3n) is 2.89. The number of hydrogen-bond acceptors (Lipinski definition) is 3. The molecule has 1 unspecified atom stereocenters. The minimum Gasteiger partial charge on any atom is -0.481 e. The first-order valence-electron chi connectivity index (χ1n) is 5.63. The van der Waals surface area contributed by atoms with Crippen molar-refractivity contribution in [3.8, 4) is 0 Å². The number of aromatic nitrogens is 1. The Morgan fingerprint density at radius 2 is 1.94 bits per heavy atom. The van der Waals surface area contributed by atoms with Crippen molar-refractivity contribution in [3.63, 3.8) is 0 Å². The first-order valence-corrected chi connectivity index (χ1v) is 5.63. The number of aliphatic carboxylic acids is 1. The van der Waals surface area contributed by atoms with Gasteiger partial charge in [0.25, 0.3) is 0 Å². The minimum absolute atomic E-state index is 0.0570. The smallest absolute Gasteiger partial charge is 0.303 e. The molecule has 0 aromatic carbocycles. The lowest BCUT2D eigenvalue weighted by molar-refractivity contribution is -0.140. The van der Waals surface area contributed by atoms with Gasteiger partial charge in [0.1, 0.15) is 0 Å². The van der Waals surface area contributed by atoms with Crippen molar-refractivity contribution in [2.45, 2.75) is 26.3 Å². The average Bonchev–Trinajstić information content (AvgIpc) is 2.15. The van der Waals surface area contributed by atoms with E-state index in [-0.39, 0.29) is 17.9 Å². The highest BCUT2D eigenvalue weighted by Gasteiger charge is 2.34. The summed E-state index contributed by atoms with van der Waals surface area (Å²) in [5, 5.41) is 9.00. The van der Waals surface area contributed by atoms with Crippen LogP contribution in [0.5, 0.6) is 0 Å². The number of hydrogen-bond donors (Lipinski definition) is 1. The van der Waals surface area contributed by atoms with Crippen LogP contribution in [-0.4, -0.2) is 35.1 Å². The van der Waals surface area contributed by atoms with Crippen LogP contribution >= 0.6 is 0 Å². The van der Waals surface area contributed by atoms with Crippen molar-refractivity contribution in [3.05, 3.63) is 30.1 Å². The molecule has 4 heteroatoms. The lowest BCUT2D eigenvalue weighted by Crippen LogP contribution is -2.35. The quantitative estimate of drug-likeness (QED) is 0.851. The molecule has 1 aromatic heterocycles. The van der Waals surface area contributed by atoms with E-state index in [0.29, 0.717) is 0 Å². The highest BCUT2D eigenvalue weighted by atomic mass is 16.4. The molecule has 0 amide bonds. The van der Waals surface area contributed by atoms with E-state index in [9.17, 15) is 4.79 Å². The van der Waals surface area contributed by atoms with Gasteiger partial charge in [0.2, 0.25) is 0 Å². The molecule has 17 heavy (non-hydrogen) atoms. The van der Waals surface area contributed by atoms with Crippen molar-refractivity contribution in [1.29, 1.82) is 0 Å². The van der Waals surface area contributed by atoms with Gasteiger partial charge in [-0.15, -0.1) is 0 Å². The van der Waals surface area contributed by atoms with Crippen LogP contribution in [0.1, 0.15) is 31.9 Å². The molecule has 0 fully saturated rings. The summed E-state index contributed by atoms with van der Waals surface area (Å²) < 4.78 is 0. The van der Waals surface area contributed by atoms with Gasteiger partial charge in [0, 0.05) is 18.4 Å². The van der Waals surface area contributed by atoms with E-state index >= 15 is 0 Å². The van der Waals surface area contributed by atoms with Crippen LogP contribution in [0.4, 0.5) is 0 Å². The third kappa shape index (κ3) is 3.53. The third-order valence-corrected chi connectivity index (χ3v) is 2.89. The number of carboxylic acid groups (broad SMARTS) is 1. The summed E-state index contributed by atoms with van der Waals surface area (Å²) in [7, 11) is 3.93. The number of pyridine rings is 1. The summed E-state index contributed by atoms with van der Waals surface area (Å²) in [4.78, 5) is 17.0. The molecule has 0 spiro atoms. The molecular weight excluding hydrogens is 216 g/mol. The van der Waals surface area contributed by atoms with Crippen molar-refractivity contribution in [1.82, 2.24) is 9.88 Å². The van der Waals surface area contributed by atoms with Crippen LogP contribution in [0.15, 0.2) is 24.5 Å². The molecule has 0 saturated heterocycles. The molecule has 0 aliphatic heterocycles. The van der Waals surface area contributed by atoms with Gasteiger partial charge in [-0.2, -0.15) is 0 Å². The molecule has 0 saturated carbocycles. The maximum absolute atomic E-state index is 10.9. The van der Waals surface area contributed by atoms with Crippen LogP contribution in [0.2, 0.25) is 0 Å². The molecule has 4 nitrogen and oxygen atoms in total. The topological polar surface area (TPSA) is 53.4 Å². The predicted octanol–water partition coefficient (Wildman–Crippen LogP) is 2.19. The summed E-state index contributed by atoms with van der Waals surface area (Å²) in [6.07, 6.45) is 3.61. The Balaban J connectivity index is 3.05. The zero-order chi connectivity index (χ0) is 13.1. The Kier molecular flexibility index (Phi) is 4.23. The van der Waals surface area contributed by atoms with E-state index in [4.69, 9.17) is 5.11 Å². The Bertz CT molecular complexity index is 374. The summed E-state index contributed by atoms with van der Waals surface area (Å²) in [6.45, 7) is 3.96. The van der Waals surface area contributed by atoms with Gasteiger partial charge in [-0.1, -0.05) is 13.8 Å². The fraction of sp³-hybridized carbons (Fsp3) is 0.538. The molecule has 1 aromatic rings. The van der Waals surface area contributed by atoms with Gasteiger partial charge < -0.3 is 10.0 Å². The standard InChI is InChI=1S/C13H20N2O2/c1-13(2,9-11(16)17)12(15(3)4)10-5-7-14-8-6-10/h5-8,12H,9H2,1-4H3,(H,16,17). The minimum atomic E-state index is -0.768. The molecule has 0 radical (unpaired) electrons. The maximum atomic E-state index is 10.9. The van der Waals surface area contributed by atoms with E-state index in [0.717, 1.165) is 5.56 Å². The van der Waals surface area contributed by atoms with E-state index < -0.39 is 5.97 Å². The van der Waals surface area contributed by atoms with Crippen LogP contribution in [0.3, 0.4) is 0 Å². The first-order chi connectivity index (χ1) is 7.84. The Morgan fingerprint density at radius 1 is 1.41 bits per heavy atom. The monoisotopic (exact) mass is 236 g/mol. The highest BCUT2D eigenvalue weighted by molar-refractivity contribution is 5.67. The maximum Gasteiger partial charge on any atom is 0.303 e. The van der Waals surface area contributed by atoms with E-state index in [1.165, 1.54) is 0 Å². The molecule has 94 valence electrons. The molecule has 0 aliphatic carbocycles. The van der Waals surface area contributed by atoms with Crippen LogP contribution in [0, 0.1) is 5.41 Å². The molecule has 1 heterocycles. The number of carboxylic acids is 1. The zero-order valence-corrected chi connectivity index (χ0v) is 10.8. The van der Waals surface area contributed by atoms with Gasteiger partial charge in [-0.25, -0.2) is 0 Å². The van der Waals surface area contributed by atoms with Crippen molar-refractivity contribution in [2.75, 3.05) is 14.1 Å². The van der Waals surface area contributed by atoms with Gasteiger partial charge in [-0.3, -0.25) is 9.78 Å². The van der Waals surface area contributed by atoms with Crippen LogP contribution < -0.4 is 0 Å². The van der Waals surface area contributed by atoms with Crippen molar-refractivity contribution in [2.24, 2.45) is 5.41 Å². The summed E-state index contributed by atoms with van der Waals surface area (Å²) in [5.41, 5.74) is 0.757. The van der Waals surface area contributed by atoms with Crippen molar-refractivity contribution >= 4 is 5.97 Å². The lowest BCUT2D eigenvalue weighted by Gasteiger charge is -2.38. The normalized spacial score (nSPS) is 13.7. The Hall–Kier alpha value is -1.42. The first kappa shape index (κ1) is 13.6. The fourth-order valence-corrected chi connectivity index (χ4v) is 2.48. The van der Waals surface area contributed by atoms with Gasteiger partial charge in [0.05, 0.1) is 6.42 Å². The molecule has 1 N–H and O–H groups in total. The van der Waals surface area contributed by atoms with E-state index in [1.54, 1.807) is 12.4 Å². The second kappa shape index (κ2) is 5.27. The largest absolute Gasteiger partial charge is 0.481 e. The van der Waals surface area contributed by atoms with E-state index in [1.807, 2.05) is 40.1 Å². The Morgan fingerprint density at radius 3 is 2.35 bits per heavy atom. The SMILES string of the molecule is CN(C)C(c1ccncc1)C(C)(C)CC(=O)O. The number of nitrogens with zero attached hydrogens (tertiary/aromatic N) is 2. The predicted molar refractivity (Wildman–Crippen MR) is 66.7 cm³/mol.